The average molecular weight is 267 g/mol. The molecule has 1 fully saturated rings. The molecule has 2 nitrogen and oxygen atoms in total. The highest BCUT2D eigenvalue weighted by Gasteiger charge is 2.25. The van der Waals surface area contributed by atoms with Crippen molar-refractivity contribution >= 4 is 23.0 Å². The maximum Gasteiger partial charge on any atom is 0.0659 e. The Morgan fingerprint density at radius 3 is 2.72 bits per heavy atom. The predicted molar refractivity (Wildman–Crippen MR) is 80.8 cm³/mol. The van der Waals surface area contributed by atoms with Crippen LogP contribution in [-0.4, -0.2) is 20.1 Å². The third-order valence-corrected chi connectivity index (χ3v) is 4.27. The molecule has 2 atom stereocenters. The first kappa shape index (κ1) is 13.5. The number of hydrogen-bond donors (Lipinski definition) is 1. The summed E-state index contributed by atoms with van der Waals surface area (Å²) >= 11 is 6.30. The van der Waals surface area contributed by atoms with Gasteiger partial charge in [-0.15, -0.1) is 0 Å². The lowest BCUT2D eigenvalue weighted by atomic mass is 10.0. The molecule has 100 valence electrons. The number of benzene rings is 1. The van der Waals surface area contributed by atoms with Crippen molar-refractivity contribution in [2.75, 3.05) is 24.3 Å². The largest absolute Gasteiger partial charge is 0.382 e. The van der Waals surface area contributed by atoms with Crippen molar-refractivity contribution in [2.24, 2.45) is 5.92 Å². The average Bonchev–Trinajstić information content (AvgIpc) is 2.76. The van der Waals surface area contributed by atoms with Crippen molar-refractivity contribution in [3.63, 3.8) is 0 Å². The van der Waals surface area contributed by atoms with Crippen LogP contribution in [-0.2, 0) is 0 Å². The standard InChI is InChI=1S/C15H23ClN2/c1-4-11-6-5-7-14(11)17-12-8-9-15(18(2)3)13(16)10-12/h8-11,14,17H,4-7H2,1-3H3. The Balaban J connectivity index is 2.08. The van der Waals surface area contributed by atoms with Crippen molar-refractivity contribution in [2.45, 2.75) is 38.6 Å². The molecule has 0 spiro atoms. The van der Waals surface area contributed by atoms with Crippen LogP contribution in [0.25, 0.3) is 0 Å². The minimum absolute atomic E-state index is 0.622. The molecular formula is C15H23ClN2. The zero-order valence-electron chi connectivity index (χ0n) is 11.5. The van der Waals surface area contributed by atoms with Crippen LogP contribution in [0.2, 0.25) is 5.02 Å². The second kappa shape index (κ2) is 5.83. The topological polar surface area (TPSA) is 15.3 Å². The molecule has 0 radical (unpaired) electrons. The van der Waals surface area contributed by atoms with Gasteiger partial charge >= 0.3 is 0 Å². The quantitative estimate of drug-likeness (QED) is 0.869. The van der Waals surface area contributed by atoms with Crippen LogP contribution in [0.1, 0.15) is 32.6 Å². The van der Waals surface area contributed by atoms with Crippen molar-refractivity contribution in [1.29, 1.82) is 0 Å². The SMILES string of the molecule is CCC1CCCC1Nc1ccc(N(C)C)c(Cl)c1. The van der Waals surface area contributed by atoms with E-state index in [-0.39, 0.29) is 0 Å². The van der Waals surface area contributed by atoms with Crippen LogP contribution < -0.4 is 10.2 Å². The summed E-state index contributed by atoms with van der Waals surface area (Å²) in [5.74, 6) is 0.817. The lowest BCUT2D eigenvalue weighted by Crippen LogP contribution is -2.23. The summed E-state index contributed by atoms with van der Waals surface area (Å²) in [6, 6.07) is 6.88. The van der Waals surface area contributed by atoms with Gasteiger partial charge in [0.2, 0.25) is 0 Å². The predicted octanol–water partition coefficient (Wildman–Crippen LogP) is 4.40. The minimum atomic E-state index is 0.622. The molecule has 1 saturated carbocycles. The lowest BCUT2D eigenvalue weighted by Gasteiger charge is -2.22. The van der Waals surface area contributed by atoms with Crippen LogP contribution in [0, 0.1) is 5.92 Å². The van der Waals surface area contributed by atoms with E-state index < -0.39 is 0 Å². The highest BCUT2D eigenvalue weighted by Crippen LogP contribution is 2.33. The number of hydrogen-bond acceptors (Lipinski definition) is 2. The van der Waals surface area contributed by atoms with E-state index in [4.69, 9.17) is 11.6 Å². The van der Waals surface area contributed by atoms with Crippen molar-refractivity contribution in [3.05, 3.63) is 23.2 Å². The van der Waals surface area contributed by atoms with Crippen LogP contribution in [0.5, 0.6) is 0 Å². The smallest absolute Gasteiger partial charge is 0.0659 e. The van der Waals surface area contributed by atoms with Gasteiger partial charge in [-0.3, -0.25) is 0 Å². The molecule has 0 aliphatic heterocycles. The molecule has 0 saturated heterocycles. The van der Waals surface area contributed by atoms with Crippen LogP contribution in [0.3, 0.4) is 0 Å². The van der Waals surface area contributed by atoms with Crippen LogP contribution in [0.4, 0.5) is 11.4 Å². The molecule has 2 rings (SSSR count). The third kappa shape index (κ3) is 2.92. The van der Waals surface area contributed by atoms with Crippen molar-refractivity contribution in [1.82, 2.24) is 0 Å². The maximum atomic E-state index is 6.30. The highest BCUT2D eigenvalue weighted by molar-refractivity contribution is 6.33. The van der Waals surface area contributed by atoms with E-state index in [0.29, 0.717) is 6.04 Å². The summed E-state index contributed by atoms with van der Waals surface area (Å²) in [5, 5.41) is 4.46. The van der Waals surface area contributed by atoms with Gasteiger partial charge in [0, 0.05) is 25.8 Å². The van der Waals surface area contributed by atoms with E-state index in [2.05, 4.69) is 24.4 Å². The summed E-state index contributed by atoms with van der Waals surface area (Å²) in [6.07, 6.45) is 5.25. The molecule has 1 aliphatic carbocycles. The summed E-state index contributed by atoms with van der Waals surface area (Å²) in [7, 11) is 4.02. The Morgan fingerprint density at radius 2 is 2.11 bits per heavy atom. The Morgan fingerprint density at radius 1 is 1.33 bits per heavy atom. The fraction of sp³-hybridized carbons (Fsp3) is 0.600. The third-order valence-electron chi connectivity index (χ3n) is 3.97. The number of nitrogens with one attached hydrogen (secondary N) is 1. The van der Waals surface area contributed by atoms with E-state index in [1.54, 1.807) is 0 Å². The number of nitrogens with zero attached hydrogens (tertiary/aromatic N) is 1. The van der Waals surface area contributed by atoms with Gasteiger partial charge in [0.25, 0.3) is 0 Å². The molecule has 1 aromatic carbocycles. The summed E-state index contributed by atoms with van der Waals surface area (Å²) < 4.78 is 0. The van der Waals surface area contributed by atoms with Gasteiger partial charge in [0.15, 0.2) is 0 Å². The minimum Gasteiger partial charge on any atom is -0.382 e. The zero-order chi connectivity index (χ0) is 13.1. The Kier molecular flexibility index (Phi) is 4.39. The second-order valence-electron chi connectivity index (χ2n) is 5.41. The number of anilines is 2. The van der Waals surface area contributed by atoms with E-state index in [0.717, 1.165) is 22.3 Å². The maximum absolute atomic E-state index is 6.30. The zero-order valence-corrected chi connectivity index (χ0v) is 12.3. The van der Waals surface area contributed by atoms with E-state index in [1.807, 2.05) is 25.1 Å². The number of halogens is 1. The van der Waals surface area contributed by atoms with Gasteiger partial charge in [0.05, 0.1) is 10.7 Å². The molecule has 1 aliphatic rings. The molecule has 0 amide bonds. The molecular weight excluding hydrogens is 244 g/mol. The first-order valence-electron chi connectivity index (χ1n) is 6.85. The fourth-order valence-electron chi connectivity index (χ4n) is 2.89. The normalized spacial score (nSPS) is 23.1. The van der Waals surface area contributed by atoms with Gasteiger partial charge < -0.3 is 10.2 Å². The van der Waals surface area contributed by atoms with Gasteiger partial charge in [-0.2, -0.15) is 0 Å². The van der Waals surface area contributed by atoms with Gasteiger partial charge in [-0.05, 0) is 37.0 Å². The molecule has 0 aromatic heterocycles. The Hall–Kier alpha value is -0.890. The van der Waals surface area contributed by atoms with Gasteiger partial charge in [-0.1, -0.05) is 31.4 Å². The van der Waals surface area contributed by atoms with Crippen LogP contribution in [0.15, 0.2) is 18.2 Å². The molecule has 2 unspecified atom stereocenters. The molecule has 0 bridgehead atoms. The first-order valence-corrected chi connectivity index (χ1v) is 7.23. The monoisotopic (exact) mass is 266 g/mol. The van der Waals surface area contributed by atoms with Crippen molar-refractivity contribution < 1.29 is 0 Å². The Labute approximate surface area is 115 Å². The molecule has 1 aromatic rings. The summed E-state index contributed by atoms with van der Waals surface area (Å²) in [5.41, 5.74) is 2.22. The molecule has 18 heavy (non-hydrogen) atoms. The van der Waals surface area contributed by atoms with E-state index in [9.17, 15) is 0 Å². The lowest BCUT2D eigenvalue weighted by molar-refractivity contribution is 0.489. The molecule has 0 heterocycles. The number of rotatable bonds is 4. The van der Waals surface area contributed by atoms with E-state index in [1.165, 1.54) is 25.7 Å². The summed E-state index contributed by atoms with van der Waals surface area (Å²) in [6.45, 7) is 2.28. The van der Waals surface area contributed by atoms with Gasteiger partial charge in [-0.25, -0.2) is 0 Å². The molecule has 3 heteroatoms. The van der Waals surface area contributed by atoms with E-state index >= 15 is 0 Å². The first-order chi connectivity index (χ1) is 8.61. The molecule has 1 N–H and O–H groups in total. The van der Waals surface area contributed by atoms with Gasteiger partial charge in [0.1, 0.15) is 0 Å². The summed E-state index contributed by atoms with van der Waals surface area (Å²) in [4.78, 5) is 2.04. The second-order valence-corrected chi connectivity index (χ2v) is 5.82. The fourth-order valence-corrected chi connectivity index (χ4v) is 3.24. The van der Waals surface area contributed by atoms with Crippen molar-refractivity contribution in [3.8, 4) is 0 Å². The Bertz CT molecular complexity index is 403. The van der Waals surface area contributed by atoms with Crippen LogP contribution >= 0.6 is 11.6 Å². The highest BCUT2D eigenvalue weighted by atomic mass is 35.5.